The lowest BCUT2D eigenvalue weighted by molar-refractivity contribution is 0.614. The van der Waals surface area contributed by atoms with Gasteiger partial charge in [-0.3, -0.25) is 0 Å². The van der Waals surface area contributed by atoms with Crippen molar-refractivity contribution >= 4 is 0 Å². The highest BCUT2D eigenvalue weighted by atomic mass is 14.6. The van der Waals surface area contributed by atoms with Crippen LogP contribution in [0.5, 0.6) is 0 Å². The van der Waals surface area contributed by atoms with Crippen LogP contribution in [-0.4, -0.2) is 0 Å². The SMILES string of the molecule is CCC(C)c1ccc2c(c1)C(N)CCCC2. The molecule has 0 bridgehead atoms. The van der Waals surface area contributed by atoms with Crippen LogP contribution in [0.25, 0.3) is 0 Å². The van der Waals surface area contributed by atoms with Gasteiger partial charge in [-0.05, 0) is 48.3 Å². The van der Waals surface area contributed by atoms with E-state index in [1.165, 1.54) is 42.4 Å². The molecule has 0 aliphatic heterocycles. The molecule has 1 aromatic rings. The number of rotatable bonds is 2. The van der Waals surface area contributed by atoms with Crippen LogP contribution in [0.3, 0.4) is 0 Å². The molecule has 1 aliphatic carbocycles. The summed E-state index contributed by atoms with van der Waals surface area (Å²) in [5.41, 5.74) is 10.6. The van der Waals surface area contributed by atoms with E-state index in [1.807, 2.05) is 0 Å². The summed E-state index contributed by atoms with van der Waals surface area (Å²) in [5.74, 6) is 0.653. The average Bonchev–Trinajstić information content (AvgIpc) is 2.50. The number of hydrogen-bond donors (Lipinski definition) is 1. The highest BCUT2D eigenvalue weighted by Crippen LogP contribution is 2.30. The zero-order valence-electron chi connectivity index (χ0n) is 10.5. The molecule has 1 aromatic carbocycles. The number of hydrogen-bond acceptors (Lipinski definition) is 1. The molecule has 1 heteroatoms. The topological polar surface area (TPSA) is 26.0 Å². The van der Waals surface area contributed by atoms with Crippen LogP contribution in [0.1, 0.15) is 68.2 Å². The van der Waals surface area contributed by atoms with Crippen LogP contribution < -0.4 is 5.73 Å². The Morgan fingerprint density at radius 1 is 1.38 bits per heavy atom. The van der Waals surface area contributed by atoms with Gasteiger partial charge >= 0.3 is 0 Å². The minimum absolute atomic E-state index is 0.265. The van der Waals surface area contributed by atoms with Crippen molar-refractivity contribution in [3.63, 3.8) is 0 Å². The third-order valence-electron chi connectivity index (χ3n) is 3.96. The largest absolute Gasteiger partial charge is 0.324 e. The van der Waals surface area contributed by atoms with Crippen LogP contribution in [0.15, 0.2) is 18.2 Å². The second-order valence-corrected chi connectivity index (χ2v) is 5.12. The minimum Gasteiger partial charge on any atom is -0.324 e. The van der Waals surface area contributed by atoms with E-state index in [0.717, 1.165) is 6.42 Å². The van der Waals surface area contributed by atoms with E-state index < -0.39 is 0 Å². The highest BCUT2D eigenvalue weighted by molar-refractivity contribution is 5.36. The summed E-state index contributed by atoms with van der Waals surface area (Å²) in [6, 6.07) is 7.23. The van der Waals surface area contributed by atoms with Crippen molar-refractivity contribution in [2.24, 2.45) is 5.73 Å². The fraction of sp³-hybridized carbons (Fsp3) is 0.600. The lowest BCUT2D eigenvalue weighted by Gasteiger charge is -2.17. The predicted octanol–water partition coefficient (Wildman–Crippen LogP) is 3.93. The van der Waals surface area contributed by atoms with Crippen LogP contribution >= 0.6 is 0 Å². The highest BCUT2D eigenvalue weighted by Gasteiger charge is 2.16. The summed E-state index contributed by atoms with van der Waals surface area (Å²) in [5, 5.41) is 0. The fourth-order valence-electron chi connectivity index (χ4n) is 2.56. The maximum absolute atomic E-state index is 6.26. The van der Waals surface area contributed by atoms with Gasteiger partial charge in [0.1, 0.15) is 0 Å². The summed E-state index contributed by atoms with van der Waals surface area (Å²) in [6.45, 7) is 4.54. The quantitative estimate of drug-likeness (QED) is 0.746. The predicted molar refractivity (Wildman–Crippen MR) is 69.6 cm³/mol. The van der Waals surface area contributed by atoms with Gasteiger partial charge in [-0.1, -0.05) is 38.5 Å². The van der Waals surface area contributed by atoms with Crippen molar-refractivity contribution in [3.05, 3.63) is 34.9 Å². The Morgan fingerprint density at radius 3 is 2.94 bits per heavy atom. The fourth-order valence-corrected chi connectivity index (χ4v) is 2.56. The second-order valence-electron chi connectivity index (χ2n) is 5.12. The van der Waals surface area contributed by atoms with Gasteiger partial charge in [-0.2, -0.15) is 0 Å². The van der Waals surface area contributed by atoms with Gasteiger partial charge in [0, 0.05) is 6.04 Å². The van der Waals surface area contributed by atoms with Crippen molar-refractivity contribution in [1.29, 1.82) is 0 Å². The zero-order chi connectivity index (χ0) is 11.5. The Labute approximate surface area is 99.0 Å². The molecule has 0 radical (unpaired) electrons. The maximum Gasteiger partial charge on any atom is 0.0297 e. The molecule has 2 rings (SSSR count). The first-order valence-corrected chi connectivity index (χ1v) is 6.60. The van der Waals surface area contributed by atoms with Gasteiger partial charge in [-0.15, -0.1) is 0 Å². The van der Waals surface area contributed by atoms with E-state index in [2.05, 4.69) is 32.0 Å². The van der Waals surface area contributed by atoms with Crippen molar-refractivity contribution in [3.8, 4) is 0 Å². The number of aryl methyl sites for hydroxylation is 1. The van der Waals surface area contributed by atoms with Gasteiger partial charge in [-0.25, -0.2) is 0 Å². The summed E-state index contributed by atoms with van der Waals surface area (Å²) in [4.78, 5) is 0. The van der Waals surface area contributed by atoms with Crippen molar-refractivity contribution in [1.82, 2.24) is 0 Å². The molecule has 0 saturated carbocycles. The molecule has 0 heterocycles. The summed E-state index contributed by atoms with van der Waals surface area (Å²) < 4.78 is 0. The molecule has 2 atom stereocenters. The first kappa shape index (κ1) is 11.7. The number of nitrogens with two attached hydrogens (primary N) is 1. The van der Waals surface area contributed by atoms with E-state index in [0.29, 0.717) is 5.92 Å². The lowest BCUT2D eigenvalue weighted by Crippen LogP contribution is -2.11. The molecule has 16 heavy (non-hydrogen) atoms. The molecular weight excluding hydrogens is 194 g/mol. The Balaban J connectivity index is 2.35. The Morgan fingerprint density at radius 2 is 2.19 bits per heavy atom. The molecule has 0 amide bonds. The monoisotopic (exact) mass is 217 g/mol. The van der Waals surface area contributed by atoms with Crippen molar-refractivity contribution in [2.75, 3.05) is 0 Å². The Bertz CT molecular complexity index is 356. The molecule has 2 N–H and O–H groups in total. The lowest BCUT2D eigenvalue weighted by atomic mass is 9.91. The molecule has 2 unspecified atom stereocenters. The van der Waals surface area contributed by atoms with E-state index >= 15 is 0 Å². The molecule has 0 spiro atoms. The molecule has 0 aromatic heterocycles. The normalized spacial score (nSPS) is 22.3. The molecule has 0 saturated heterocycles. The van der Waals surface area contributed by atoms with Gasteiger partial charge in [0.25, 0.3) is 0 Å². The zero-order valence-corrected chi connectivity index (χ0v) is 10.5. The minimum atomic E-state index is 0.265. The van der Waals surface area contributed by atoms with Gasteiger partial charge in [0.2, 0.25) is 0 Å². The third kappa shape index (κ3) is 2.30. The first-order chi connectivity index (χ1) is 7.72. The molecule has 0 fully saturated rings. The van der Waals surface area contributed by atoms with Crippen molar-refractivity contribution < 1.29 is 0 Å². The van der Waals surface area contributed by atoms with Gasteiger partial charge < -0.3 is 5.73 Å². The first-order valence-electron chi connectivity index (χ1n) is 6.60. The molecule has 88 valence electrons. The smallest absolute Gasteiger partial charge is 0.0297 e. The van der Waals surface area contributed by atoms with Crippen LogP contribution in [0, 0.1) is 0 Å². The summed E-state index contributed by atoms with van der Waals surface area (Å²) in [6.07, 6.45) is 6.13. The number of benzene rings is 1. The second kappa shape index (κ2) is 5.01. The number of fused-ring (bicyclic) bond motifs is 1. The molecule has 1 nitrogen and oxygen atoms in total. The molecule has 1 aliphatic rings. The Kier molecular flexibility index (Phi) is 3.65. The average molecular weight is 217 g/mol. The van der Waals surface area contributed by atoms with E-state index in [9.17, 15) is 0 Å². The maximum atomic E-state index is 6.26. The summed E-state index contributed by atoms with van der Waals surface area (Å²) in [7, 11) is 0. The van der Waals surface area contributed by atoms with E-state index in [1.54, 1.807) is 0 Å². The Hall–Kier alpha value is -0.820. The van der Waals surface area contributed by atoms with Crippen LogP contribution in [-0.2, 0) is 6.42 Å². The van der Waals surface area contributed by atoms with Gasteiger partial charge in [0.15, 0.2) is 0 Å². The van der Waals surface area contributed by atoms with E-state index in [-0.39, 0.29) is 6.04 Å². The van der Waals surface area contributed by atoms with E-state index in [4.69, 9.17) is 5.73 Å². The summed E-state index contributed by atoms with van der Waals surface area (Å²) >= 11 is 0. The van der Waals surface area contributed by atoms with Crippen LogP contribution in [0.4, 0.5) is 0 Å². The van der Waals surface area contributed by atoms with Crippen LogP contribution in [0.2, 0.25) is 0 Å². The molecular formula is C15H23N. The standard InChI is InChI=1S/C15H23N/c1-3-11(2)13-9-8-12-6-4-5-7-15(16)14(12)10-13/h8-11,15H,3-7,16H2,1-2H3. The van der Waals surface area contributed by atoms with Gasteiger partial charge in [0.05, 0.1) is 0 Å². The van der Waals surface area contributed by atoms with Crippen molar-refractivity contribution in [2.45, 2.75) is 57.9 Å². The third-order valence-corrected chi connectivity index (χ3v) is 3.96.